The molecule has 3 aromatic rings. The number of amides is 1. The van der Waals surface area contributed by atoms with E-state index < -0.39 is 0 Å². The van der Waals surface area contributed by atoms with Gasteiger partial charge in [0.25, 0.3) is 0 Å². The molecular formula is C22H26N4OS. The van der Waals surface area contributed by atoms with Gasteiger partial charge in [-0.15, -0.1) is 10.2 Å². The van der Waals surface area contributed by atoms with Crippen molar-refractivity contribution in [2.75, 3.05) is 0 Å². The Bertz CT molecular complexity index is 957. The van der Waals surface area contributed by atoms with Gasteiger partial charge in [0.05, 0.1) is 6.04 Å². The number of carbonyl (C=O) groups is 1. The summed E-state index contributed by atoms with van der Waals surface area (Å²) in [5, 5.41) is 13.4. The number of benzene rings is 2. The molecule has 0 aliphatic heterocycles. The zero-order valence-electron chi connectivity index (χ0n) is 16.7. The van der Waals surface area contributed by atoms with Crippen molar-refractivity contribution < 1.29 is 4.79 Å². The number of aromatic nitrogens is 2. The molecule has 5 nitrogen and oxygen atoms in total. The first-order chi connectivity index (χ1) is 13.2. The Morgan fingerprint density at radius 3 is 2.50 bits per heavy atom. The molecule has 0 fully saturated rings. The number of hydrogen-bond donors (Lipinski definition) is 2. The normalized spacial score (nSPS) is 12.6. The molecule has 2 aromatic carbocycles. The summed E-state index contributed by atoms with van der Waals surface area (Å²) in [5.41, 5.74) is 10.2. The van der Waals surface area contributed by atoms with Crippen LogP contribution in [-0.2, 0) is 16.8 Å². The summed E-state index contributed by atoms with van der Waals surface area (Å²) >= 11 is 1.51. The van der Waals surface area contributed by atoms with Crippen molar-refractivity contribution >= 4 is 17.2 Å². The smallest absolute Gasteiger partial charge is 0.217 e. The van der Waals surface area contributed by atoms with E-state index in [4.69, 9.17) is 5.73 Å². The van der Waals surface area contributed by atoms with Crippen LogP contribution in [0.3, 0.4) is 0 Å². The fourth-order valence-corrected chi connectivity index (χ4v) is 3.91. The van der Waals surface area contributed by atoms with Crippen LogP contribution in [0.2, 0.25) is 0 Å². The third-order valence-electron chi connectivity index (χ3n) is 4.52. The molecule has 1 heterocycles. The van der Waals surface area contributed by atoms with Gasteiger partial charge in [0, 0.05) is 18.0 Å². The number of carbonyl (C=O) groups excluding carboxylic acids is 1. The molecule has 0 aliphatic rings. The van der Waals surface area contributed by atoms with Gasteiger partial charge in [0.2, 0.25) is 5.91 Å². The minimum absolute atomic E-state index is 0.0861. The summed E-state index contributed by atoms with van der Waals surface area (Å²) in [6.45, 7) is 7.54. The van der Waals surface area contributed by atoms with Gasteiger partial charge in [-0.2, -0.15) is 0 Å². The number of rotatable bonds is 6. The zero-order chi connectivity index (χ0) is 20.3. The van der Waals surface area contributed by atoms with E-state index in [0.29, 0.717) is 6.42 Å². The van der Waals surface area contributed by atoms with E-state index in [1.54, 1.807) is 0 Å². The van der Waals surface area contributed by atoms with Crippen molar-refractivity contribution in [2.24, 2.45) is 5.73 Å². The lowest BCUT2D eigenvalue weighted by Gasteiger charge is -2.20. The summed E-state index contributed by atoms with van der Waals surface area (Å²) in [4.78, 5) is 11.8. The van der Waals surface area contributed by atoms with E-state index in [1.807, 2.05) is 38.1 Å². The summed E-state index contributed by atoms with van der Waals surface area (Å²) in [6.07, 6.45) is 0.646. The summed E-state index contributed by atoms with van der Waals surface area (Å²) in [7, 11) is 0. The van der Waals surface area contributed by atoms with Crippen molar-refractivity contribution in [3.05, 3.63) is 70.2 Å². The maximum atomic E-state index is 11.8. The number of nitrogens with one attached hydrogen (secondary N) is 1. The van der Waals surface area contributed by atoms with Gasteiger partial charge in [-0.3, -0.25) is 4.79 Å². The van der Waals surface area contributed by atoms with Crippen LogP contribution in [-0.4, -0.2) is 16.1 Å². The Morgan fingerprint density at radius 1 is 1.18 bits per heavy atom. The molecule has 1 aromatic heterocycles. The van der Waals surface area contributed by atoms with Gasteiger partial charge in [-0.25, -0.2) is 0 Å². The zero-order valence-corrected chi connectivity index (χ0v) is 17.5. The molecule has 28 heavy (non-hydrogen) atoms. The first kappa shape index (κ1) is 20.2. The fraction of sp³-hybridized carbons (Fsp3) is 0.318. The quantitative estimate of drug-likeness (QED) is 0.659. The number of nitrogens with two attached hydrogens (primary N) is 1. The van der Waals surface area contributed by atoms with Crippen molar-refractivity contribution in [3.63, 3.8) is 0 Å². The summed E-state index contributed by atoms with van der Waals surface area (Å²) in [5.74, 6) is -0.0861. The Kier molecular flexibility index (Phi) is 5.91. The van der Waals surface area contributed by atoms with Gasteiger partial charge in [0.15, 0.2) is 0 Å². The highest BCUT2D eigenvalue weighted by Crippen LogP contribution is 2.29. The highest BCUT2D eigenvalue weighted by atomic mass is 32.1. The third kappa shape index (κ3) is 5.03. The second kappa shape index (κ2) is 8.20. The van der Waals surface area contributed by atoms with Crippen molar-refractivity contribution in [2.45, 2.75) is 45.7 Å². The molecule has 3 rings (SSSR count). The van der Waals surface area contributed by atoms with Gasteiger partial charge in [0.1, 0.15) is 10.0 Å². The van der Waals surface area contributed by atoms with Gasteiger partial charge in [-0.05, 0) is 44.4 Å². The monoisotopic (exact) mass is 394 g/mol. The van der Waals surface area contributed by atoms with E-state index >= 15 is 0 Å². The molecule has 0 radical (unpaired) electrons. The molecule has 1 unspecified atom stereocenters. The molecule has 0 bridgehead atoms. The average Bonchev–Trinajstić information content (AvgIpc) is 3.11. The van der Waals surface area contributed by atoms with Crippen LogP contribution in [0.5, 0.6) is 0 Å². The van der Waals surface area contributed by atoms with Crippen molar-refractivity contribution in [1.82, 2.24) is 15.5 Å². The standard InChI is InChI=1S/C22H26N4OS/c1-14-6-5-7-17(12-14)20-25-26-21(28-20)19(24-15(2)27)13-16-8-10-18(11-9-16)22(3,4)23/h5-12,19H,13,23H2,1-4H3,(H,24,27). The molecule has 0 saturated heterocycles. The summed E-state index contributed by atoms with van der Waals surface area (Å²) in [6, 6.07) is 16.2. The molecule has 1 amide bonds. The van der Waals surface area contributed by atoms with E-state index in [1.165, 1.54) is 23.8 Å². The predicted molar refractivity (Wildman–Crippen MR) is 114 cm³/mol. The molecule has 0 spiro atoms. The van der Waals surface area contributed by atoms with Crippen LogP contribution in [0.4, 0.5) is 0 Å². The van der Waals surface area contributed by atoms with Crippen LogP contribution in [0.1, 0.15) is 48.5 Å². The van der Waals surface area contributed by atoms with Crippen LogP contribution in [0, 0.1) is 6.92 Å². The average molecular weight is 395 g/mol. The highest BCUT2D eigenvalue weighted by molar-refractivity contribution is 7.14. The largest absolute Gasteiger partial charge is 0.347 e. The Hall–Kier alpha value is -2.57. The number of nitrogens with zero attached hydrogens (tertiary/aromatic N) is 2. The molecule has 0 saturated carbocycles. The maximum Gasteiger partial charge on any atom is 0.217 e. The minimum Gasteiger partial charge on any atom is -0.347 e. The van der Waals surface area contributed by atoms with E-state index in [2.05, 4.69) is 46.7 Å². The fourth-order valence-electron chi connectivity index (χ4n) is 3.02. The first-order valence-corrected chi connectivity index (χ1v) is 10.1. The third-order valence-corrected chi connectivity index (χ3v) is 5.61. The minimum atomic E-state index is -0.377. The number of aryl methyl sites for hydroxylation is 1. The lowest BCUT2D eigenvalue weighted by atomic mass is 9.94. The van der Waals surface area contributed by atoms with Crippen LogP contribution < -0.4 is 11.1 Å². The van der Waals surface area contributed by atoms with Crippen molar-refractivity contribution in [1.29, 1.82) is 0 Å². The van der Waals surface area contributed by atoms with Crippen molar-refractivity contribution in [3.8, 4) is 10.6 Å². The van der Waals surface area contributed by atoms with Gasteiger partial charge in [-0.1, -0.05) is 59.4 Å². The van der Waals surface area contributed by atoms with Crippen LogP contribution in [0.25, 0.3) is 10.6 Å². The van der Waals surface area contributed by atoms with E-state index in [9.17, 15) is 4.79 Å². The molecule has 0 aliphatic carbocycles. The second-order valence-electron chi connectivity index (χ2n) is 7.69. The van der Waals surface area contributed by atoms with E-state index in [-0.39, 0.29) is 17.5 Å². The predicted octanol–water partition coefficient (Wildman–Crippen LogP) is 4.13. The molecule has 3 N–H and O–H groups in total. The Morgan fingerprint density at radius 2 is 1.89 bits per heavy atom. The number of hydrogen-bond acceptors (Lipinski definition) is 5. The topological polar surface area (TPSA) is 80.9 Å². The van der Waals surface area contributed by atoms with Gasteiger partial charge < -0.3 is 11.1 Å². The Labute approximate surface area is 170 Å². The molecule has 6 heteroatoms. The highest BCUT2D eigenvalue weighted by Gasteiger charge is 2.20. The van der Waals surface area contributed by atoms with Gasteiger partial charge >= 0.3 is 0 Å². The lowest BCUT2D eigenvalue weighted by Crippen LogP contribution is -2.29. The first-order valence-electron chi connectivity index (χ1n) is 9.28. The summed E-state index contributed by atoms with van der Waals surface area (Å²) < 4.78 is 0. The molecular weight excluding hydrogens is 368 g/mol. The lowest BCUT2D eigenvalue weighted by molar-refractivity contribution is -0.119. The molecule has 1 atom stereocenters. The SMILES string of the molecule is CC(=O)NC(Cc1ccc(C(C)(C)N)cc1)c1nnc(-c2cccc(C)c2)s1. The Balaban J connectivity index is 1.84. The van der Waals surface area contributed by atoms with Crippen LogP contribution >= 0.6 is 11.3 Å². The molecule has 146 valence electrons. The second-order valence-corrected chi connectivity index (χ2v) is 8.70. The van der Waals surface area contributed by atoms with Crippen LogP contribution in [0.15, 0.2) is 48.5 Å². The maximum absolute atomic E-state index is 11.8. The van der Waals surface area contributed by atoms with E-state index in [0.717, 1.165) is 26.7 Å².